The number of amides is 1. The first kappa shape index (κ1) is 20.6. The van der Waals surface area contributed by atoms with Crippen molar-refractivity contribution in [2.75, 3.05) is 19.0 Å². The van der Waals surface area contributed by atoms with E-state index < -0.39 is 0 Å². The average molecular weight is 367 g/mol. The van der Waals surface area contributed by atoms with Crippen LogP contribution < -0.4 is 14.8 Å². The Labute approximate surface area is 162 Å². The summed E-state index contributed by atoms with van der Waals surface area (Å²) in [4.78, 5) is 12.2. The van der Waals surface area contributed by atoms with Crippen molar-refractivity contribution in [2.45, 2.75) is 34.1 Å². The van der Waals surface area contributed by atoms with Crippen LogP contribution in [0.15, 0.2) is 42.5 Å². The Bertz CT molecular complexity index is 809. The highest BCUT2D eigenvalue weighted by atomic mass is 16.5. The van der Waals surface area contributed by atoms with Crippen molar-refractivity contribution < 1.29 is 14.3 Å². The summed E-state index contributed by atoms with van der Waals surface area (Å²) < 4.78 is 11.2. The van der Waals surface area contributed by atoms with Gasteiger partial charge in [-0.15, -0.1) is 0 Å². The van der Waals surface area contributed by atoms with E-state index in [1.165, 1.54) is 6.08 Å². The molecule has 0 heterocycles. The number of nitrogens with one attached hydrogen (secondary N) is 1. The number of carbonyl (C=O) groups excluding carboxylic acids is 1. The number of anilines is 1. The number of hydrogen-bond donors (Lipinski definition) is 1. The molecule has 2 aromatic rings. The highest BCUT2D eigenvalue weighted by molar-refractivity contribution is 6.02. The summed E-state index contributed by atoms with van der Waals surface area (Å²) in [5, 5.41) is 2.92. The third-order valence-electron chi connectivity index (χ3n) is 4.22. The highest BCUT2D eigenvalue weighted by Crippen LogP contribution is 2.29. The summed E-state index contributed by atoms with van der Waals surface area (Å²) in [5.41, 5.74) is 3.85. The first-order valence-electron chi connectivity index (χ1n) is 9.26. The molecule has 1 N–H and O–H groups in total. The minimum atomic E-state index is -0.167. The van der Waals surface area contributed by atoms with E-state index in [2.05, 4.69) is 19.2 Å². The summed E-state index contributed by atoms with van der Waals surface area (Å²) in [6.45, 7) is 8.96. The maximum Gasteiger partial charge on any atom is 0.248 e. The molecule has 0 radical (unpaired) electrons. The highest BCUT2D eigenvalue weighted by Gasteiger charge is 2.06. The van der Waals surface area contributed by atoms with E-state index in [1.807, 2.05) is 50.2 Å². The zero-order valence-corrected chi connectivity index (χ0v) is 16.8. The molecule has 4 heteroatoms. The van der Waals surface area contributed by atoms with Crippen LogP contribution in [-0.4, -0.2) is 19.6 Å². The number of methoxy groups -OCH3 is 1. The lowest BCUT2D eigenvalue weighted by atomic mass is 10.1. The maximum absolute atomic E-state index is 12.2. The van der Waals surface area contributed by atoms with Gasteiger partial charge in [0.15, 0.2) is 11.5 Å². The van der Waals surface area contributed by atoms with Crippen molar-refractivity contribution in [3.8, 4) is 11.5 Å². The summed E-state index contributed by atoms with van der Waals surface area (Å²) >= 11 is 0. The maximum atomic E-state index is 12.2. The van der Waals surface area contributed by atoms with Gasteiger partial charge in [-0.2, -0.15) is 0 Å². The van der Waals surface area contributed by atoms with Crippen molar-refractivity contribution in [1.82, 2.24) is 0 Å². The van der Waals surface area contributed by atoms with Crippen molar-refractivity contribution in [2.24, 2.45) is 5.92 Å². The predicted octanol–water partition coefficient (Wildman–Crippen LogP) is 5.39. The molecule has 0 saturated heterocycles. The number of rotatable bonds is 8. The molecule has 1 amide bonds. The minimum absolute atomic E-state index is 0.167. The molecular weight excluding hydrogens is 338 g/mol. The first-order chi connectivity index (χ1) is 12.9. The van der Waals surface area contributed by atoms with Crippen LogP contribution in [0.4, 0.5) is 5.69 Å². The first-order valence-corrected chi connectivity index (χ1v) is 9.26. The molecule has 0 aliphatic carbocycles. The fraction of sp³-hybridized carbons (Fsp3) is 0.348. The van der Waals surface area contributed by atoms with Crippen molar-refractivity contribution >= 4 is 17.7 Å². The van der Waals surface area contributed by atoms with E-state index in [-0.39, 0.29) is 5.91 Å². The van der Waals surface area contributed by atoms with Crippen LogP contribution in [0.2, 0.25) is 0 Å². The Morgan fingerprint density at radius 1 is 1.11 bits per heavy atom. The lowest BCUT2D eigenvalue weighted by molar-refractivity contribution is -0.111. The Hall–Kier alpha value is -2.75. The van der Waals surface area contributed by atoms with Gasteiger partial charge in [0.25, 0.3) is 0 Å². The number of hydrogen-bond acceptors (Lipinski definition) is 3. The summed E-state index contributed by atoms with van der Waals surface area (Å²) in [6, 6.07) is 11.6. The van der Waals surface area contributed by atoms with Crippen molar-refractivity contribution in [3.05, 3.63) is 59.2 Å². The van der Waals surface area contributed by atoms with Crippen LogP contribution in [0.1, 0.15) is 37.0 Å². The SMILES string of the molecule is COc1cc(/C=C/C(=O)Nc2cc(C)ccc2C)ccc1OCCC(C)C. The van der Waals surface area contributed by atoms with E-state index in [1.54, 1.807) is 13.2 Å². The molecular formula is C23H29NO3. The monoisotopic (exact) mass is 367 g/mol. The van der Waals surface area contributed by atoms with E-state index >= 15 is 0 Å². The van der Waals surface area contributed by atoms with Gasteiger partial charge in [0.05, 0.1) is 13.7 Å². The minimum Gasteiger partial charge on any atom is -0.493 e. The van der Waals surface area contributed by atoms with Gasteiger partial charge in [-0.1, -0.05) is 32.0 Å². The molecule has 0 atom stereocenters. The fourth-order valence-electron chi connectivity index (χ4n) is 2.53. The summed E-state index contributed by atoms with van der Waals surface area (Å²) in [7, 11) is 1.62. The number of aryl methyl sites for hydroxylation is 2. The Kier molecular flexibility index (Phi) is 7.47. The molecule has 0 spiro atoms. The van der Waals surface area contributed by atoms with Gasteiger partial charge in [0.2, 0.25) is 5.91 Å². The van der Waals surface area contributed by atoms with E-state index in [0.717, 1.165) is 34.5 Å². The van der Waals surface area contributed by atoms with E-state index in [4.69, 9.17) is 9.47 Å². The van der Waals surface area contributed by atoms with Gasteiger partial charge >= 0.3 is 0 Å². The van der Waals surface area contributed by atoms with Crippen molar-refractivity contribution in [3.63, 3.8) is 0 Å². The van der Waals surface area contributed by atoms with Crippen molar-refractivity contribution in [1.29, 1.82) is 0 Å². The van der Waals surface area contributed by atoms with Crippen LogP contribution in [0.3, 0.4) is 0 Å². The average Bonchev–Trinajstić information content (AvgIpc) is 2.63. The molecule has 0 aliphatic rings. The molecule has 0 aliphatic heterocycles. The van der Waals surface area contributed by atoms with Gasteiger partial charge in [-0.05, 0) is 67.2 Å². The van der Waals surface area contributed by atoms with Crippen LogP contribution in [-0.2, 0) is 4.79 Å². The fourth-order valence-corrected chi connectivity index (χ4v) is 2.53. The zero-order chi connectivity index (χ0) is 19.8. The summed E-state index contributed by atoms with van der Waals surface area (Å²) in [5.74, 6) is 1.81. The van der Waals surface area contributed by atoms with E-state index in [9.17, 15) is 4.79 Å². The van der Waals surface area contributed by atoms with Crippen LogP contribution >= 0.6 is 0 Å². The number of benzene rings is 2. The molecule has 0 saturated carbocycles. The smallest absolute Gasteiger partial charge is 0.248 e. The molecule has 144 valence electrons. The largest absolute Gasteiger partial charge is 0.493 e. The lowest BCUT2D eigenvalue weighted by Gasteiger charge is -2.12. The van der Waals surface area contributed by atoms with Crippen LogP contribution in [0.5, 0.6) is 11.5 Å². The Morgan fingerprint density at radius 2 is 1.89 bits per heavy atom. The van der Waals surface area contributed by atoms with Gasteiger partial charge < -0.3 is 14.8 Å². The number of carbonyl (C=O) groups is 1. The number of ether oxygens (including phenoxy) is 2. The Balaban J connectivity index is 2.03. The quantitative estimate of drug-likeness (QED) is 0.637. The lowest BCUT2D eigenvalue weighted by Crippen LogP contribution is -2.09. The predicted molar refractivity (Wildman–Crippen MR) is 112 cm³/mol. The molecule has 0 aromatic heterocycles. The second-order valence-electron chi connectivity index (χ2n) is 7.08. The third-order valence-corrected chi connectivity index (χ3v) is 4.22. The standard InChI is InChI=1S/C23H29NO3/c1-16(2)12-13-27-21-10-8-19(15-22(21)26-5)9-11-23(25)24-20-14-17(3)6-7-18(20)4/h6-11,14-16H,12-13H2,1-5H3,(H,24,25)/b11-9+. The molecule has 27 heavy (non-hydrogen) atoms. The van der Waals surface area contributed by atoms with Gasteiger partial charge in [0.1, 0.15) is 0 Å². The zero-order valence-electron chi connectivity index (χ0n) is 16.8. The van der Waals surface area contributed by atoms with E-state index in [0.29, 0.717) is 18.3 Å². The second-order valence-corrected chi connectivity index (χ2v) is 7.08. The van der Waals surface area contributed by atoms with Crippen LogP contribution in [0.25, 0.3) is 6.08 Å². The molecule has 2 rings (SSSR count). The summed E-state index contributed by atoms with van der Waals surface area (Å²) in [6.07, 6.45) is 4.28. The molecule has 2 aromatic carbocycles. The molecule has 0 unspecified atom stereocenters. The molecule has 0 bridgehead atoms. The van der Waals surface area contributed by atoms with Gasteiger partial charge in [-0.3, -0.25) is 4.79 Å². The Morgan fingerprint density at radius 3 is 2.59 bits per heavy atom. The second kappa shape index (κ2) is 9.81. The normalized spacial score (nSPS) is 11.0. The molecule has 0 fully saturated rings. The molecule has 4 nitrogen and oxygen atoms in total. The van der Waals surface area contributed by atoms with Gasteiger partial charge in [-0.25, -0.2) is 0 Å². The van der Waals surface area contributed by atoms with Crippen LogP contribution in [0, 0.1) is 19.8 Å². The van der Waals surface area contributed by atoms with Gasteiger partial charge in [0, 0.05) is 11.8 Å². The topological polar surface area (TPSA) is 47.6 Å². The third kappa shape index (κ3) is 6.48.